The Balaban J connectivity index is 2.53. The van der Waals surface area contributed by atoms with Gasteiger partial charge in [-0.05, 0) is 6.07 Å². The molecule has 0 spiro atoms. The zero-order valence-electron chi connectivity index (χ0n) is 8.60. The lowest BCUT2D eigenvalue weighted by atomic mass is 10.1. The lowest BCUT2D eigenvalue weighted by molar-refractivity contribution is -0.137. The van der Waals surface area contributed by atoms with E-state index < -0.39 is 29.4 Å². The lowest BCUT2D eigenvalue weighted by Gasteiger charge is -2.09. The predicted octanol–water partition coefficient (Wildman–Crippen LogP) is 2.45. The first-order chi connectivity index (χ1) is 8.39. The van der Waals surface area contributed by atoms with Gasteiger partial charge in [0.15, 0.2) is 0 Å². The normalized spacial score (nSPS) is 11.5. The highest BCUT2D eigenvalue weighted by Crippen LogP contribution is 2.35. The van der Waals surface area contributed by atoms with Crippen LogP contribution in [0.1, 0.15) is 16.2 Å². The number of benzene rings is 1. The number of hydrogen-bond acceptors (Lipinski definition) is 4. The van der Waals surface area contributed by atoms with Crippen molar-refractivity contribution < 1.29 is 27.6 Å². The molecule has 18 heavy (non-hydrogen) atoms. The molecule has 1 aromatic heterocycles. The number of aromatic nitrogens is 2. The van der Waals surface area contributed by atoms with E-state index >= 15 is 0 Å². The van der Waals surface area contributed by atoms with Gasteiger partial charge in [0.05, 0.1) is 5.56 Å². The van der Waals surface area contributed by atoms with Crippen LogP contribution in [0.2, 0.25) is 0 Å². The molecule has 94 valence electrons. The minimum Gasteiger partial charge on any atom is -0.474 e. The molecule has 0 atom stereocenters. The quantitative estimate of drug-likeness (QED) is 0.895. The van der Waals surface area contributed by atoms with E-state index in [1.807, 2.05) is 0 Å². The number of rotatable bonds is 2. The number of aromatic carboxylic acids is 1. The van der Waals surface area contributed by atoms with Crippen molar-refractivity contribution in [1.82, 2.24) is 10.1 Å². The Morgan fingerprint density at radius 1 is 1.28 bits per heavy atom. The van der Waals surface area contributed by atoms with Crippen LogP contribution < -0.4 is 0 Å². The fraction of sp³-hybridized carbons (Fsp3) is 0.100. The Labute approximate surface area is 97.9 Å². The molecule has 0 saturated carbocycles. The Morgan fingerprint density at radius 2 is 1.94 bits per heavy atom. The van der Waals surface area contributed by atoms with E-state index in [4.69, 9.17) is 5.11 Å². The molecular weight excluding hydrogens is 253 g/mol. The summed E-state index contributed by atoms with van der Waals surface area (Å²) in [4.78, 5) is 13.9. The third kappa shape index (κ3) is 2.17. The van der Waals surface area contributed by atoms with Gasteiger partial charge in [-0.15, -0.1) is 0 Å². The summed E-state index contributed by atoms with van der Waals surface area (Å²) < 4.78 is 42.4. The summed E-state index contributed by atoms with van der Waals surface area (Å²) in [7, 11) is 0. The smallest absolute Gasteiger partial charge is 0.417 e. The highest BCUT2D eigenvalue weighted by molar-refractivity contribution is 5.82. The first kappa shape index (κ1) is 12.1. The van der Waals surface area contributed by atoms with E-state index in [9.17, 15) is 18.0 Å². The first-order valence-electron chi connectivity index (χ1n) is 4.63. The maximum Gasteiger partial charge on any atom is 0.417 e. The van der Waals surface area contributed by atoms with E-state index in [2.05, 4.69) is 14.7 Å². The molecule has 0 bridgehead atoms. The van der Waals surface area contributed by atoms with E-state index in [0.29, 0.717) is 0 Å². The second kappa shape index (κ2) is 4.13. The molecule has 0 radical (unpaired) electrons. The van der Waals surface area contributed by atoms with Gasteiger partial charge in [-0.3, -0.25) is 0 Å². The van der Waals surface area contributed by atoms with Crippen LogP contribution in [0, 0.1) is 0 Å². The standard InChI is InChI=1S/C10H5F3N2O3/c11-10(12,13)6-4-2-1-3-5(6)7-14-8(9(16)17)18-15-7/h1-4H,(H,16,17). The molecule has 1 aromatic carbocycles. The summed E-state index contributed by atoms with van der Waals surface area (Å²) in [6, 6.07) is 4.57. The average molecular weight is 258 g/mol. The number of carbonyl (C=O) groups is 1. The number of carboxylic acid groups (broad SMARTS) is 1. The van der Waals surface area contributed by atoms with Crippen molar-refractivity contribution in [3.05, 3.63) is 35.7 Å². The van der Waals surface area contributed by atoms with Crippen molar-refractivity contribution in [2.24, 2.45) is 0 Å². The van der Waals surface area contributed by atoms with Crippen molar-refractivity contribution in [2.75, 3.05) is 0 Å². The molecule has 1 heterocycles. The van der Waals surface area contributed by atoms with Crippen molar-refractivity contribution >= 4 is 5.97 Å². The topological polar surface area (TPSA) is 76.2 Å². The summed E-state index contributed by atoms with van der Waals surface area (Å²) in [5.74, 6) is -2.68. The van der Waals surface area contributed by atoms with E-state index in [1.54, 1.807) is 0 Å². The zero-order chi connectivity index (χ0) is 13.3. The zero-order valence-corrected chi connectivity index (χ0v) is 8.60. The molecule has 5 nitrogen and oxygen atoms in total. The maximum atomic E-state index is 12.7. The molecule has 0 amide bonds. The molecule has 0 fully saturated rings. The molecule has 0 aliphatic rings. The summed E-state index contributed by atoms with van der Waals surface area (Å²) in [5, 5.41) is 11.8. The molecule has 2 aromatic rings. The molecule has 0 aliphatic carbocycles. The lowest BCUT2D eigenvalue weighted by Crippen LogP contribution is -2.07. The van der Waals surface area contributed by atoms with Crippen LogP contribution in [0.25, 0.3) is 11.4 Å². The Bertz CT molecular complexity index is 592. The largest absolute Gasteiger partial charge is 0.474 e. The minimum absolute atomic E-state index is 0.332. The van der Waals surface area contributed by atoms with E-state index in [-0.39, 0.29) is 5.56 Å². The van der Waals surface area contributed by atoms with Crippen LogP contribution in [-0.4, -0.2) is 21.2 Å². The van der Waals surface area contributed by atoms with Gasteiger partial charge in [-0.2, -0.15) is 18.2 Å². The number of alkyl halides is 3. The molecule has 0 unspecified atom stereocenters. The van der Waals surface area contributed by atoms with Crippen molar-refractivity contribution in [2.45, 2.75) is 6.18 Å². The van der Waals surface area contributed by atoms with Gasteiger partial charge in [0, 0.05) is 5.56 Å². The molecule has 0 saturated heterocycles. The van der Waals surface area contributed by atoms with Crippen LogP contribution in [0.5, 0.6) is 0 Å². The molecular formula is C10H5F3N2O3. The van der Waals surface area contributed by atoms with Gasteiger partial charge >= 0.3 is 18.0 Å². The van der Waals surface area contributed by atoms with Gasteiger partial charge in [-0.1, -0.05) is 23.4 Å². The first-order valence-corrected chi connectivity index (χ1v) is 4.63. The highest BCUT2D eigenvalue weighted by atomic mass is 19.4. The monoisotopic (exact) mass is 258 g/mol. The van der Waals surface area contributed by atoms with Gasteiger partial charge in [0.1, 0.15) is 0 Å². The molecule has 8 heteroatoms. The predicted molar refractivity (Wildman–Crippen MR) is 51.7 cm³/mol. The second-order valence-electron chi connectivity index (χ2n) is 3.27. The van der Waals surface area contributed by atoms with E-state index in [1.165, 1.54) is 12.1 Å². The van der Waals surface area contributed by atoms with Gasteiger partial charge in [-0.25, -0.2) is 4.79 Å². The summed E-state index contributed by atoms with van der Waals surface area (Å²) in [5.41, 5.74) is -1.29. The fourth-order valence-electron chi connectivity index (χ4n) is 1.35. The molecule has 1 N–H and O–H groups in total. The number of carboxylic acids is 1. The van der Waals surface area contributed by atoms with E-state index in [0.717, 1.165) is 12.1 Å². The fourth-order valence-corrected chi connectivity index (χ4v) is 1.35. The Kier molecular flexibility index (Phi) is 2.77. The van der Waals surface area contributed by atoms with Crippen molar-refractivity contribution in [3.63, 3.8) is 0 Å². The van der Waals surface area contributed by atoms with Gasteiger partial charge in [0.2, 0.25) is 5.82 Å². The molecule has 0 aliphatic heterocycles. The Hall–Kier alpha value is -2.38. The third-order valence-corrected chi connectivity index (χ3v) is 2.08. The maximum absolute atomic E-state index is 12.7. The second-order valence-corrected chi connectivity index (χ2v) is 3.27. The third-order valence-electron chi connectivity index (χ3n) is 2.08. The van der Waals surface area contributed by atoms with Crippen LogP contribution in [0.15, 0.2) is 28.8 Å². The SMILES string of the molecule is O=C(O)c1nc(-c2ccccc2C(F)(F)F)no1. The average Bonchev–Trinajstić information content (AvgIpc) is 2.77. The number of nitrogens with zero attached hydrogens (tertiary/aromatic N) is 2. The van der Waals surface area contributed by atoms with Gasteiger partial charge < -0.3 is 9.63 Å². The summed E-state index contributed by atoms with van der Waals surface area (Å²) >= 11 is 0. The molecule has 2 rings (SSSR count). The Morgan fingerprint density at radius 3 is 2.50 bits per heavy atom. The van der Waals surface area contributed by atoms with Crippen molar-refractivity contribution in [3.8, 4) is 11.4 Å². The van der Waals surface area contributed by atoms with Crippen LogP contribution in [0.3, 0.4) is 0 Å². The van der Waals surface area contributed by atoms with Gasteiger partial charge in [0.25, 0.3) is 0 Å². The van der Waals surface area contributed by atoms with Crippen LogP contribution in [-0.2, 0) is 6.18 Å². The van der Waals surface area contributed by atoms with Crippen LogP contribution >= 0.6 is 0 Å². The van der Waals surface area contributed by atoms with Crippen molar-refractivity contribution in [1.29, 1.82) is 0 Å². The van der Waals surface area contributed by atoms with Crippen LogP contribution in [0.4, 0.5) is 13.2 Å². The summed E-state index contributed by atoms with van der Waals surface area (Å²) in [6.45, 7) is 0. The number of hydrogen-bond donors (Lipinski definition) is 1. The number of halogens is 3. The highest BCUT2D eigenvalue weighted by Gasteiger charge is 2.34. The minimum atomic E-state index is -4.58. The summed E-state index contributed by atoms with van der Waals surface area (Å²) in [6.07, 6.45) is -4.58.